The van der Waals surface area contributed by atoms with Crippen molar-refractivity contribution in [2.75, 3.05) is 25.1 Å². The van der Waals surface area contributed by atoms with Crippen molar-refractivity contribution in [3.8, 4) is 17.2 Å². The summed E-state index contributed by atoms with van der Waals surface area (Å²) in [6.07, 6.45) is 1.12. The molecule has 2 aromatic carbocycles. The highest BCUT2D eigenvalue weighted by atomic mass is 16.5. The zero-order chi connectivity index (χ0) is 23.4. The van der Waals surface area contributed by atoms with E-state index < -0.39 is 5.60 Å². The predicted molar refractivity (Wildman–Crippen MR) is 130 cm³/mol. The average Bonchev–Trinajstić information content (AvgIpc) is 3.40. The van der Waals surface area contributed by atoms with Crippen molar-refractivity contribution in [3.05, 3.63) is 71.4 Å². The maximum atomic E-state index is 13.0. The first-order valence-electron chi connectivity index (χ1n) is 11.5. The van der Waals surface area contributed by atoms with Crippen LogP contribution in [0.4, 0.5) is 5.82 Å². The number of hydrogen-bond donors (Lipinski definition) is 0. The van der Waals surface area contributed by atoms with E-state index in [1.807, 2.05) is 54.1 Å². The highest BCUT2D eigenvalue weighted by Crippen LogP contribution is 2.41. The fourth-order valence-corrected chi connectivity index (χ4v) is 5.27. The first-order chi connectivity index (χ1) is 16.5. The number of nitrogens with zero attached hydrogens (tertiary/aromatic N) is 4. The number of pyridine rings is 1. The zero-order valence-electron chi connectivity index (χ0n) is 19.5. The molecule has 2 aromatic heterocycles. The Labute approximate surface area is 197 Å². The number of rotatable bonds is 3. The third-order valence-electron chi connectivity index (χ3n) is 6.93. The first-order valence-corrected chi connectivity index (χ1v) is 11.5. The molecule has 2 aliphatic rings. The van der Waals surface area contributed by atoms with Gasteiger partial charge >= 0.3 is 0 Å². The normalized spacial score (nSPS) is 19.5. The monoisotopic (exact) mass is 454 g/mol. The molecule has 0 bridgehead atoms. The van der Waals surface area contributed by atoms with Gasteiger partial charge in [0.25, 0.3) is 0 Å². The van der Waals surface area contributed by atoms with Crippen molar-refractivity contribution in [3.63, 3.8) is 0 Å². The summed E-state index contributed by atoms with van der Waals surface area (Å²) in [6, 6.07) is 17.6. The number of fused-ring (bicyclic) bond motifs is 2. The largest absolute Gasteiger partial charge is 0.497 e. The van der Waals surface area contributed by atoms with Gasteiger partial charge in [-0.25, -0.2) is 9.67 Å². The maximum Gasteiger partial charge on any atom is 0.170 e. The molecule has 4 aromatic rings. The third kappa shape index (κ3) is 3.22. The van der Waals surface area contributed by atoms with Crippen LogP contribution in [0.3, 0.4) is 0 Å². The smallest absolute Gasteiger partial charge is 0.170 e. The van der Waals surface area contributed by atoms with Crippen LogP contribution in [0.5, 0.6) is 11.5 Å². The lowest BCUT2D eigenvalue weighted by Gasteiger charge is -2.35. The van der Waals surface area contributed by atoms with E-state index in [2.05, 4.69) is 17.9 Å². The molecule has 2 aliphatic heterocycles. The van der Waals surface area contributed by atoms with Gasteiger partial charge in [-0.3, -0.25) is 4.79 Å². The zero-order valence-corrected chi connectivity index (χ0v) is 19.5. The lowest BCUT2D eigenvalue weighted by Crippen LogP contribution is -2.44. The topological polar surface area (TPSA) is 69.5 Å². The molecule has 0 N–H and O–H groups in total. The molecule has 0 radical (unpaired) electrons. The number of para-hydroxylation sites is 1. The van der Waals surface area contributed by atoms with Crippen LogP contribution in [-0.4, -0.2) is 46.3 Å². The Hall–Kier alpha value is -3.87. The van der Waals surface area contributed by atoms with E-state index >= 15 is 0 Å². The van der Waals surface area contributed by atoms with Crippen LogP contribution < -0.4 is 14.4 Å². The Morgan fingerprint density at radius 3 is 2.71 bits per heavy atom. The highest BCUT2D eigenvalue weighted by molar-refractivity contribution is 6.01. The summed E-state index contributed by atoms with van der Waals surface area (Å²) in [5, 5.41) is 5.85. The molecule has 1 unspecified atom stereocenters. The number of ketones is 1. The quantitative estimate of drug-likeness (QED) is 0.449. The second-order valence-electron chi connectivity index (χ2n) is 9.25. The van der Waals surface area contributed by atoms with Crippen molar-refractivity contribution in [1.29, 1.82) is 0 Å². The number of aryl methyl sites for hydroxylation is 2. The highest BCUT2D eigenvalue weighted by Gasteiger charge is 2.46. The van der Waals surface area contributed by atoms with Gasteiger partial charge in [-0.1, -0.05) is 18.2 Å². The van der Waals surface area contributed by atoms with E-state index in [9.17, 15) is 4.79 Å². The molecular weight excluding hydrogens is 428 g/mol. The third-order valence-corrected chi connectivity index (χ3v) is 6.93. The minimum absolute atomic E-state index is 0.0966. The summed E-state index contributed by atoms with van der Waals surface area (Å²) in [5.41, 5.74) is 3.98. The number of Topliss-reactive ketones (excluding diaryl/α,β-unsaturated/α-hetero) is 1. The standard InChI is InChI=1S/C27H26N4O3/c1-17-13-24(28-26-25(17)18(2)29-31(26)19-7-5-4-6-8-19)30-12-11-27(16-30)15-22(32)21-14-20(33-3)9-10-23(21)34-27/h4-10,13-14H,11-12,15-16H2,1-3H3. The molecule has 7 heteroatoms. The summed E-state index contributed by atoms with van der Waals surface area (Å²) in [4.78, 5) is 20.3. The molecule has 0 amide bonds. The van der Waals surface area contributed by atoms with E-state index in [1.54, 1.807) is 13.2 Å². The van der Waals surface area contributed by atoms with Crippen molar-refractivity contribution >= 4 is 22.6 Å². The van der Waals surface area contributed by atoms with E-state index in [-0.39, 0.29) is 5.78 Å². The van der Waals surface area contributed by atoms with Gasteiger partial charge in [0, 0.05) is 18.4 Å². The minimum Gasteiger partial charge on any atom is -0.497 e. The van der Waals surface area contributed by atoms with Gasteiger partial charge in [-0.15, -0.1) is 0 Å². The molecule has 0 saturated carbocycles. The van der Waals surface area contributed by atoms with Gasteiger partial charge < -0.3 is 14.4 Å². The van der Waals surface area contributed by atoms with Gasteiger partial charge in [0.2, 0.25) is 0 Å². The molecule has 1 fully saturated rings. The SMILES string of the molecule is COc1ccc2c(c1)C(=O)CC1(CCN(c3cc(C)c4c(C)nn(-c5ccccc5)c4n3)C1)O2. The van der Waals surface area contributed by atoms with Crippen LogP contribution in [0.25, 0.3) is 16.7 Å². The Kier molecular flexibility index (Phi) is 4.62. The Balaban J connectivity index is 1.35. The van der Waals surface area contributed by atoms with Crippen molar-refractivity contribution in [2.24, 2.45) is 0 Å². The van der Waals surface area contributed by atoms with Crippen LogP contribution in [0.15, 0.2) is 54.6 Å². The Morgan fingerprint density at radius 2 is 1.91 bits per heavy atom. The molecule has 1 atom stereocenters. The molecular formula is C27H26N4O3. The molecule has 172 valence electrons. The molecule has 6 rings (SSSR count). The van der Waals surface area contributed by atoms with Crippen LogP contribution in [0, 0.1) is 13.8 Å². The summed E-state index contributed by atoms with van der Waals surface area (Å²) in [6.45, 7) is 5.51. The number of carbonyl (C=O) groups is 1. The fourth-order valence-electron chi connectivity index (χ4n) is 5.27. The van der Waals surface area contributed by atoms with E-state index in [4.69, 9.17) is 19.6 Å². The number of aromatic nitrogens is 3. The summed E-state index contributed by atoms with van der Waals surface area (Å²) in [5.74, 6) is 2.28. The molecule has 34 heavy (non-hydrogen) atoms. The number of carbonyl (C=O) groups excluding carboxylic acids is 1. The number of hydrogen-bond acceptors (Lipinski definition) is 6. The Morgan fingerprint density at radius 1 is 1.09 bits per heavy atom. The van der Waals surface area contributed by atoms with E-state index in [0.717, 1.165) is 46.8 Å². The van der Waals surface area contributed by atoms with E-state index in [0.29, 0.717) is 30.0 Å². The number of ether oxygens (including phenoxy) is 2. The minimum atomic E-state index is -0.543. The second-order valence-corrected chi connectivity index (χ2v) is 9.25. The molecule has 4 heterocycles. The maximum absolute atomic E-state index is 13.0. The van der Waals surface area contributed by atoms with Gasteiger partial charge in [0.1, 0.15) is 22.9 Å². The van der Waals surface area contributed by atoms with Crippen LogP contribution in [0.2, 0.25) is 0 Å². The first kappa shape index (κ1) is 20.7. The van der Waals surface area contributed by atoms with Crippen molar-refractivity contribution in [2.45, 2.75) is 32.3 Å². The van der Waals surface area contributed by atoms with Crippen LogP contribution in [0.1, 0.15) is 34.5 Å². The number of benzene rings is 2. The van der Waals surface area contributed by atoms with Gasteiger partial charge in [-0.05, 0) is 55.8 Å². The fraction of sp³-hybridized carbons (Fsp3) is 0.296. The van der Waals surface area contributed by atoms with Gasteiger partial charge in [0.05, 0.1) is 37.0 Å². The second kappa shape index (κ2) is 7.58. The molecule has 1 saturated heterocycles. The number of methoxy groups -OCH3 is 1. The van der Waals surface area contributed by atoms with Crippen LogP contribution in [-0.2, 0) is 0 Å². The molecule has 0 aliphatic carbocycles. The molecule has 7 nitrogen and oxygen atoms in total. The summed E-state index contributed by atoms with van der Waals surface area (Å²) < 4.78 is 13.6. The van der Waals surface area contributed by atoms with Crippen molar-refractivity contribution < 1.29 is 14.3 Å². The van der Waals surface area contributed by atoms with Crippen LogP contribution >= 0.6 is 0 Å². The average molecular weight is 455 g/mol. The summed E-state index contributed by atoms with van der Waals surface area (Å²) >= 11 is 0. The van der Waals surface area contributed by atoms with Gasteiger partial charge in [-0.2, -0.15) is 5.10 Å². The molecule has 1 spiro atoms. The summed E-state index contributed by atoms with van der Waals surface area (Å²) in [7, 11) is 1.60. The Bertz CT molecular complexity index is 1430. The predicted octanol–water partition coefficient (Wildman–Crippen LogP) is 4.66. The van der Waals surface area contributed by atoms with Crippen molar-refractivity contribution in [1.82, 2.24) is 14.8 Å². The van der Waals surface area contributed by atoms with E-state index in [1.165, 1.54) is 0 Å². The lowest BCUT2D eigenvalue weighted by molar-refractivity contribution is 0.0537. The lowest BCUT2D eigenvalue weighted by atomic mass is 9.89. The van der Waals surface area contributed by atoms with Gasteiger partial charge in [0.15, 0.2) is 11.4 Å². The number of anilines is 1.